The number of ether oxygens (including phenoxy) is 4. The van der Waals surface area contributed by atoms with Crippen molar-refractivity contribution in [1.82, 2.24) is 0 Å². The third-order valence-corrected chi connectivity index (χ3v) is 5.59. The molecule has 0 aromatic heterocycles. The third kappa shape index (κ3) is 4.58. The summed E-state index contributed by atoms with van der Waals surface area (Å²) in [6.45, 7) is 2.43. The van der Waals surface area contributed by atoms with Gasteiger partial charge in [-0.25, -0.2) is 0 Å². The van der Waals surface area contributed by atoms with Crippen LogP contribution in [-0.2, 0) is 4.79 Å². The number of hydrogen-bond donors (Lipinski definition) is 0. The van der Waals surface area contributed by atoms with Gasteiger partial charge in [0, 0.05) is 6.07 Å². The van der Waals surface area contributed by atoms with Crippen molar-refractivity contribution in [3.05, 3.63) is 53.3 Å². The number of benzene rings is 2. The van der Waals surface area contributed by atoms with Crippen LogP contribution < -0.4 is 18.9 Å². The van der Waals surface area contributed by atoms with Crippen LogP contribution >= 0.6 is 0 Å². The van der Waals surface area contributed by atoms with Gasteiger partial charge in [0.25, 0.3) is 0 Å². The molecule has 0 radical (unpaired) electrons. The second kappa shape index (κ2) is 9.25. The van der Waals surface area contributed by atoms with E-state index in [1.165, 1.54) is 13.5 Å². The van der Waals surface area contributed by atoms with Crippen molar-refractivity contribution in [2.75, 3.05) is 13.7 Å². The van der Waals surface area contributed by atoms with Gasteiger partial charge in [0.05, 0.1) is 25.2 Å². The fourth-order valence-electron chi connectivity index (χ4n) is 3.96. The number of carbonyl (C=O) groups is 2. The quantitative estimate of drug-likeness (QED) is 0.362. The van der Waals surface area contributed by atoms with Crippen LogP contribution in [0.5, 0.6) is 23.0 Å². The van der Waals surface area contributed by atoms with E-state index in [1.54, 1.807) is 42.5 Å². The normalized spacial score (nSPS) is 17.2. The molecule has 4 rings (SSSR count). The van der Waals surface area contributed by atoms with Crippen molar-refractivity contribution in [3.8, 4) is 23.0 Å². The minimum absolute atomic E-state index is 0.0511. The Kier molecular flexibility index (Phi) is 6.26. The van der Waals surface area contributed by atoms with Crippen LogP contribution in [0.3, 0.4) is 0 Å². The Labute approximate surface area is 181 Å². The first-order valence-electron chi connectivity index (χ1n) is 10.7. The van der Waals surface area contributed by atoms with E-state index >= 15 is 0 Å². The molecule has 1 aliphatic carbocycles. The molecule has 2 aliphatic rings. The zero-order chi connectivity index (χ0) is 21.8. The van der Waals surface area contributed by atoms with Gasteiger partial charge in [-0.1, -0.05) is 25.3 Å². The molecule has 0 saturated heterocycles. The molecule has 1 aliphatic heterocycles. The van der Waals surface area contributed by atoms with E-state index < -0.39 is 0 Å². The predicted molar refractivity (Wildman–Crippen MR) is 116 cm³/mol. The number of ketones is 1. The highest BCUT2D eigenvalue weighted by Gasteiger charge is 2.28. The topological polar surface area (TPSA) is 71.1 Å². The van der Waals surface area contributed by atoms with Crippen molar-refractivity contribution in [3.63, 3.8) is 0 Å². The van der Waals surface area contributed by atoms with Crippen LogP contribution in [0, 0.1) is 5.92 Å². The summed E-state index contributed by atoms with van der Waals surface area (Å²) in [6, 6.07) is 10.4. The van der Waals surface area contributed by atoms with E-state index in [-0.39, 0.29) is 23.4 Å². The number of hydrogen-bond acceptors (Lipinski definition) is 6. The molecule has 2 aromatic carbocycles. The van der Waals surface area contributed by atoms with E-state index in [2.05, 4.69) is 0 Å². The Morgan fingerprint density at radius 1 is 1.10 bits per heavy atom. The Morgan fingerprint density at radius 2 is 1.90 bits per heavy atom. The summed E-state index contributed by atoms with van der Waals surface area (Å²) < 4.78 is 22.3. The van der Waals surface area contributed by atoms with Crippen LogP contribution in [0.15, 0.2) is 42.2 Å². The lowest BCUT2D eigenvalue weighted by atomic mass is 9.89. The highest BCUT2D eigenvalue weighted by Crippen LogP contribution is 2.36. The number of carbonyl (C=O) groups excluding carboxylic acids is 2. The van der Waals surface area contributed by atoms with Crippen molar-refractivity contribution < 1.29 is 28.5 Å². The first kappa shape index (κ1) is 21.0. The lowest BCUT2D eigenvalue weighted by Crippen LogP contribution is -2.22. The highest BCUT2D eigenvalue weighted by atomic mass is 16.6. The lowest BCUT2D eigenvalue weighted by Gasteiger charge is -2.20. The minimum Gasteiger partial charge on any atom is -0.494 e. The van der Waals surface area contributed by atoms with Gasteiger partial charge in [0.1, 0.15) is 11.5 Å². The van der Waals surface area contributed by atoms with Crippen LogP contribution in [-0.4, -0.2) is 25.5 Å². The third-order valence-electron chi connectivity index (χ3n) is 5.59. The van der Waals surface area contributed by atoms with Crippen molar-refractivity contribution >= 4 is 17.8 Å². The van der Waals surface area contributed by atoms with Gasteiger partial charge in [-0.05, 0) is 55.7 Å². The van der Waals surface area contributed by atoms with Crippen molar-refractivity contribution in [2.45, 2.75) is 39.0 Å². The number of fused-ring (bicyclic) bond motifs is 1. The molecule has 0 atom stereocenters. The molecule has 162 valence electrons. The second-order valence-electron chi connectivity index (χ2n) is 7.70. The molecule has 0 spiro atoms. The van der Waals surface area contributed by atoms with Gasteiger partial charge >= 0.3 is 5.97 Å². The molecule has 1 saturated carbocycles. The maximum Gasteiger partial charge on any atom is 0.314 e. The van der Waals surface area contributed by atoms with E-state index in [0.717, 1.165) is 25.7 Å². The molecule has 0 N–H and O–H groups in total. The standard InChI is InChI=1S/C25H26O6/c1-3-29-18-10-11-19-21(15-18)30-23(24(19)26)14-16-9-12-20(22(13-16)28-2)31-25(27)17-7-5-4-6-8-17/h9-15,17H,3-8H2,1-2H3/b23-14-. The summed E-state index contributed by atoms with van der Waals surface area (Å²) in [5, 5.41) is 0. The predicted octanol–water partition coefficient (Wildman–Crippen LogP) is 5.20. The molecule has 6 heteroatoms. The Hall–Kier alpha value is -3.28. The van der Waals surface area contributed by atoms with Crippen LogP contribution in [0.1, 0.15) is 54.9 Å². The zero-order valence-corrected chi connectivity index (χ0v) is 17.8. The first-order chi connectivity index (χ1) is 15.1. The average Bonchev–Trinajstić information content (AvgIpc) is 3.10. The largest absolute Gasteiger partial charge is 0.494 e. The van der Waals surface area contributed by atoms with Gasteiger partial charge in [-0.15, -0.1) is 0 Å². The number of Topliss-reactive ketones (excluding diaryl/α,β-unsaturated/α-hetero) is 1. The molecule has 0 unspecified atom stereocenters. The number of rotatable bonds is 6. The summed E-state index contributed by atoms with van der Waals surface area (Å²) >= 11 is 0. The Bertz CT molecular complexity index is 1020. The molecule has 6 nitrogen and oxygen atoms in total. The number of allylic oxidation sites excluding steroid dienone is 1. The van der Waals surface area contributed by atoms with Gasteiger partial charge in [-0.3, -0.25) is 9.59 Å². The monoisotopic (exact) mass is 422 g/mol. The van der Waals surface area contributed by atoms with Gasteiger partial charge in [0.2, 0.25) is 5.78 Å². The summed E-state index contributed by atoms with van der Waals surface area (Å²) in [7, 11) is 1.52. The fraction of sp³-hybridized carbons (Fsp3) is 0.360. The maximum atomic E-state index is 12.7. The highest BCUT2D eigenvalue weighted by molar-refractivity contribution is 6.14. The van der Waals surface area contributed by atoms with Gasteiger partial charge < -0.3 is 18.9 Å². The smallest absolute Gasteiger partial charge is 0.314 e. The molecule has 1 fully saturated rings. The zero-order valence-electron chi connectivity index (χ0n) is 17.8. The number of esters is 1. The summed E-state index contributed by atoms with van der Waals surface area (Å²) in [6.07, 6.45) is 6.69. The molecule has 0 bridgehead atoms. The lowest BCUT2D eigenvalue weighted by molar-refractivity contribution is -0.140. The number of methoxy groups -OCH3 is 1. The van der Waals surface area contributed by atoms with Gasteiger partial charge in [-0.2, -0.15) is 0 Å². The van der Waals surface area contributed by atoms with Crippen LogP contribution in [0.2, 0.25) is 0 Å². The molecule has 1 heterocycles. The Balaban J connectivity index is 1.51. The van der Waals surface area contributed by atoms with Gasteiger partial charge in [0.15, 0.2) is 17.3 Å². The SMILES string of the molecule is CCOc1ccc2c(c1)O/C(=C\c1ccc(OC(=O)C3CCCCC3)c(OC)c1)C2=O. The summed E-state index contributed by atoms with van der Waals surface area (Å²) in [5.74, 6) is 1.71. The summed E-state index contributed by atoms with van der Waals surface area (Å²) in [4.78, 5) is 25.2. The van der Waals surface area contributed by atoms with Crippen molar-refractivity contribution in [1.29, 1.82) is 0 Å². The van der Waals surface area contributed by atoms with Crippen LogP contribution in [0.25, 0.3) is 6.08 Å². The summed E-state index contributed by atoms with van der Waals surface area (Å²) in [5.41, 5.74) is 1.20. The van der Waals surface area contributed by atoms with E-state index in [4.69, 9.17) is 18.9 Å². The average molecular weight is 422 g/mol. The molecular formula is C25H26O6. The minimum atomic E-state index is -0.209. The van der Waals surface area contributed by atoms with E-state index in [1.807, 2.05) is 6.92 Å². The van der Waals surface area contributed by atoms with E-state index in [0.29, 0.717) is 40.7 Å². The van der Waals surface area contributed by atoms with Crippen molar-refractivity contribution in [2.24, 2.45) is 5.92 Å². The maximum absolute atomic E-state index is 12.7. The molecular weight excluding hydrogens is 396 g/mol. The molecule has 2 aromatic rings. The van der Waals surface area contributed by atoms with E-state index in [9.17, 15) is 9.59 Å². The second-order valence-corrected chi connectivity index (χ2v) is 7.70. The first-order valence-corrected chi connectivity index (χ1v) is 10.7. The Morgan fingerprint density at radius 3 is 2.65 bits per heavy atom. The van der Waals surface area contributed by atoms with Crippen LogP contribution in [0.4, 0.5) is 0 Å². The molecule has 0 amide bonds. The fourth-order valence-corrected chi connectivity index (χ4v) is 3.96. The molecule has 31 heavy (non-hydrogen) atoms.